The molecule has 0 saturated carbocycles. The summed E-state index contributed by atoms with van der Waals surface area (Å²) in [6, 6.07) is 15.8. The van der Waals surface area contributed by atoms with Gasteiger partial charge in [0.1, 0.15) is 17.2 Å². The summed E-state index contributed by atoms with van der Waals surface area (Å²) in [5.41, 5.74) is 3.25. The normalized spacial score (nSPS) is 16.3. The van der Waals surface area contributed by atoms with Gasteiger partial charge in [0.2, 0.25) is 5.78 Å². The topological polar surface area (TPSA) is 71.1 Å². The molecule has 1 unspecified atom stereocenters. The average Bonchev–Trinajstić information content (AvgIpc) is 3.14. The van der Waals surface area contributed by atoms with Crippen molar-refractivity contribution in [2.45, 2.75) is 18.9 Å². The molecule has 0 radical (unpaired) electrons. The van der Waals surface area contributed by atoms with Gasteiger partial charge in [-0.15, -0.1) is 11.6 Å². The Kier molecular flexibility index (Phi) is 6.16. The number of rotatable bonds is 4. The van der Waals surface area contributed by atoms with E-state index in [1.165, 1.54) is 6.07 Å². The highest BCUT2D eigenvalue weighted by molar-refractivity contribution is 9.10. The van der Waals surface area contributed by atoms with E-state index in [4.69, 9.17) is 30.5 Å². The lowest BCUT2D eigenvalue weighted by molar-refractivity contribution is -0.134. The molecule has 0 fully saturated rings. The number of ether oxygens (including phenoxy) is 4. The van der Waals surface area contributed by atoms with Gasteiger partial charge in [-0.25, -0.2) is 4.79 Å². The summed E-state index contributed by atoms with van der Waals surface area (Å²) in [5.74, 6) is 0.486. The van der Waals surface area contributed by atoms with Gasteiger partial charge < -0.3 is 18.9 Å². The van der Waals surface area contributed by atoms with Crippen LogP contribution in [0, 0.1) is 6.92 Å². The summed E-state index contributed by atoms with van der Waals surface area (Å²) in [7, 11) is 0. The highest BCUT2D eigenvalue weighted by Crippen LogP contribution is 2.40. The molecule has 2 aliphatic heterocycles. The third kappa shape index (κ3) is 4.34. The lowest BCUT2D eigenvalue weighted by atomic mass is 10.0. The Labute approximate surface area is 209 Å². The summed E-state index contributed by atoms with van der Waals surface area (Å²) < 4.78 is 23.2. The fourth-order valence-corrected chi connectivity index (χ4v) is 4.63. The van der Waals surface area contributed by atoms with E-state index in [1.54, 1.807) is 43.3 Å². The Hall–Kier alpha value is -3.13. The van der Waals surface area contributed by atoms with Crippen LogP contribution in [0.4, 0.5) is 0 Å². The number of alkyl halides is 1. The predicted molar refractivity (Wildman–Crippen MR) is 129 cm³/mol. The molecule has 172 valence electrons. The van der Waals surface area contributed by atoms with Crippen LogP contribution in [0.15, 0.2) is 64.8 Å². The number of benzene rings is 3. The summed E-state index contributed by atoms with van der Waals surface area (Å²) in [6.45, 7) is 2.31. The second kappa shape index (κ2) is 9.25. The third-order valence-electron chi connectivity index (χ3n) is 5.45. The van der Waals surface area contributed by atoms with Crippen molar-refractivity contribution >= 4 is 45.4 Å². The second-order valence-corrected chi connectivity index (χ2v) is 9.19. The van der Waals surface area contributed by atoms with Crippen molar-refractivity contribution in [1.29, 1.82) is 0 Å². The van der Waals surface area contributed by atoms with Crippen LogP contribution in [-0.2, 0) is 16.1 Å². The van der Waals surface area contributed by atoms with Gasteiger partial charge in [-0.2, -0.15) is 0 Å². The SMILES string of the molecule is Cc1cc(OC(=O)C(Cl)c2ccccc2)cc2c1C(=O)/C(=C/c1cc(Br)cc3c1OCOC3)O2. The van der Waals surface area contributed by atoms with Crippen LogP contribution in [0.25, 0.3) is 6.08 Å². The number of hydrogen-bond donors (Lipinski definition) is 0. The number of ketones is 1. The number of halogens is 2. The minimum atomic E-state index is -0.959. The molecular weight excluding hydrogens is 524 g/mol. The van der Waals surface area contributed by atoms with Gasteiger partial charge >= 0.3 is 5.97 Å². The minimum absolute atomic E-state index is 0.137. The molecule has 2 heterocycles. The molecule has 6 nitrogen and oxygen atoms in total. The van der Waals surface area contributed by atoms with E-state index in [-0.39, 0.29) is 24.1 Å². The van der Waals surface area contributed by atoms with Gasteiger partial charge in [-0.3, -0.25) is 4.79 Å². The standard InChI is InChI=1S/C26H18BrClO6/c1-14-7-19(33-26(30)23(28)15-5-3-2-4-6-15)11-20-22(14)24(29)21(34-20)10-16-8-18(27)9-17-12-31-13-32-25(16)17/h2-11,23H,12-13H2,1H3/b21-10-. The first-order valence-corrected chi connectivity index (χ1v) is 11.7. The van der Waals surface area contributed by atoms with Crippen LogP contribution < -0.4 is 14.2 Å². The van der Waals surface area contributed by atoms with Gasteiger partial charge in [0.05, 0.1) is 12.2 Å². The monoisotopic (exact) mass is 540 g/mol. The zero-order valence-electron chi connectivity index (χ0n) is 18.0. The van der Waals surface area contributed by atoms with Crippen LogP contribution >= 0.6 is 27.5 Å². The van der Waals surface area contributed by atoms with Crippen molar-refractivity contribution in [3.8, 4) is 17.2 Å². The number of carbonyl (C=O) groups excluding carboxylic acids is 2. The van der Waals surface area contributed by atoms with Gasteiger partial charge in [0.25, 0.3) is 0 Å². The van der Waals surface area contributed by atoms with E-state index < -0.39 is 11.3 Å². The highest BCUT2D eigenvalue weighted by atomic mass is 79.9. The molecule has 8 heteroatoms. The summed E-state index contributed by atoms with van der Waals surface area (Å²) in [5, 5.41) is -0.959. The molecule has 34 heavy (non-hydrogen) atoms. The first-order chi connectivity index (χ1) is 16.4. The lowest BCUT2D eigenvalue weighted by Crippen LogP contribution is -2.14. The zero-order chi connectivity index (χ0) is 23.8. The molecule has 0 amide bonds. The molecule has 3 aromatic rings. The Morgan fingerprint density at radius 1 is 1.18 bits per heavy atom. The van der Waals surface area contributed by atoms with Gasteiger partial charge in [0, 0.05) is 21.7 Å². The van der Waals surface area contributed by atoms with Crippen molar-refractivity contribution in [2.24, 2.45) is 0 Å². The van der Waals surface area contributed by atoms with E-state index in [9.17, 15) is 9.59 Å². The first kappa shape index (κ1) is 22.7. The molecule has 0 N–H and O–H groups in total. The number of carbonyl (C=O) groups is 2. The van der Waals surface area contributed by atoms with E-state index in [0.717, 1.165) is 10.0 Å². The third-order valence-corrected chi connectivity index (χ3v) is 6.34. The van der Waals surface area contributed by atoms with Crippen molar-refractivity contribution in [3.63, 3.8) is 0 Å². The van der Waals surface area contributed by atoms with Gasteiger partial charge in [-0.05, 0) is 42.3 Å². The predicted octanol–water partition coefficient (Wildman–Crippen LogP) is 6.13. The number of fused-ring (bicyclic) bond motifs is 2. The molecule has 3 aromatic carbocycles. The van der Waals surface area contributed by atoms with Crippen molar-refractivity contribution in [3.05, 3.63) is 92.6 Å². The smallest absolute Gasteiger partial charge is 0.334 e. The maximum atomic E-state index is 13.1. The Balaban J connectivity index is 1.42. The number of allylic oxidation sites excluding steroid dienone is 1. The second-order valence-electron chi connectivity index (χ2n) is 7.84. The van der Waals surface area contributed by atoms with Crippen molar-refractivity contribution in [2.75, 3.05) is 6.79 Å². The molecular formula is C26H18BrClO6. The number of Topliss-reactive ketones (excluding diaryl/α,β-unsaturated/α-hetero) is 1. The maximum Gasteiger partial charge on any atom is 0.334 e. The van der Waals surface area contributed by atoms with Crippen LogP contribution in [0.2, 0.25) is 0 Å². The van der Waals surface area contributed by atoms with E-state index >= 15 is 0 Å². The molecule has 0 aromatic heterocycles. The van der Waals surface area contributed by atoms with Crippen LogP contribution in [-0.4, -0.2) is 18.5 Å². The summed E-state index contributed by atoms with van der Waals surface area (Å²) >= 11 is 9.76. The Morgan fingerprint density at radius 2 is 1.97 bits per heavy atom. The maximum absolute atomic E-state index is 13.1. The molecule has 2 aliphatic rings. The number of aryl methyl sites for hydroxylation is 1. The van der Waals surface area contributed by atoms with Crippen LogP contribution in [0.5, 0.6) is 17.2 Å². The summed E-state index contributed by atoms with van der Waals surface area (Å²) in [6.07, 6.45) is 1.65. The molecule has 5 rings (SSSR count). The van der Waals surface area contributed by atoms with E-state index in [1.807, 2.05) is 18.2 Å². The first-order valence-electron chi connectivity index (χ1n) is 10.4. The number of esters is 1. The quantitative estimate of drug-likeness (QED) is 0.171. The largest absolute Gasteiger partial charge is 0.467 e. The average molecular weight is 542 g/mol. The van der Waals surface area contributed by atoms with E-state index in [0.29, 0.717) is 40.4 Å². The Morgan fingerprint density at radius 3 is 2.76 bits per heavy atom. The zero-order valence-corrected chi connectivity index (χ0v) is 20.3. The minimum Gasteiger partial charge on any atom is -0.467 e. The van der Waals surface area contributed by atoms with E-state index in [2.05, 4.69) is 15.9 Å². The fourth-order valence-electron chi connectivity index (χ4n) is 3.92. The fraction of sp³-hybridized carbons (Fsp3) is 0.154. The molecule has 0 aliphatic carbocycles. The van der Waals surface area contributed by atoms with Crippen molar-refractivity contribution < 1.29 is 28.5 Å². The molecule has 0 bridgehead atoms. The van der Waals surface area contributed by atoms with Gasteiger partial charge in [0.15, 0.2) is 17.9 Å². The van der Waals surface area contributed by atoms with Gasteiger partial charge in [-0.1, -0.05) is 46.3 Å². The van der Waals surface area contributed by atoms with Crippen LogP contribution in [0.3, 0.4) is 0 Å². The molecule has 1 atom stereocenters. The van der Waals surface area contributed by atoms with Crippen LogP contribution in [0.1, 0.15) is 38.0 Å². The lowest BCUT2D eigenvalue weighted by Gasteiger charge is -2.20. The summed E-state index contributed by atoms with van der Waals surface area (Å²) in [4.78, 5) is 25.7. The Bertz CT molecular complexity index is 1330. The molecule has 0 saturated heterocycles. The highest BCUT2D eigenvalue weighted by Gasteiger charge is 2.31. The number of hydrogen-bond acceptors (Lipinski definition) is 6. The molecule has 0 spiro atoms. The van der Waals surface area contributed by atoms with Crippen molar-refractivity contribution in [1.82, 2.24) is 0 Å².